The van der Waals surface area contributed by atoms with E-state index in [-0.39, 0.29) is 0 Å². The van der Waals surface area contributed by atoms with E-state index in [1.54, 1.807) is 0 Å². The second-order valence-electron chi connectivity index (χ2n) is 3.75. The maximum atomic E-state index is 5.84. The van der Waals surface area contributed by atoms with E-state index < -0.39 is 0 Å². The summed E-state index contributed by atoms with van der Waals surface area (Å²) < 4.78 is 6.28. The molecule has 2 heterocycles. The van der Waals surface area contributed by atoms with Crippen molar-refractivity contribution in [3.8, 4) is 0 Å². The van der Waals surface area contributed by atoms with Gasteiger partial charge < -0.3 is 10.5 Å². The molecule has 4 nitrogen and oxygen atoms in total. The molecule has 0 bridgehead atoms. The van der Waals surface area contributed by atoms with Crippen molar-refractivity contribution < 1.29 is 4.74 Å². The number of rotatable bonds is 1. The number of nitrogens with zero attached hydrogens (tertiary/aromatic N) is 2. The lowest BCUT2D eigenvalue weighted by molar-refractivity contribution is 0.0835. The van der Waals surface area contributed by atoms with E-state index in [1.165, 1.54) is 0 Å². The number of aromatic nitrogens is 2. The third-order valence-electron chi connectivity index (χ3n) is 2.65. The number of halogens is 1. The lowest BCUT2D eigenvalue weighted by Gasteiger charge is -2.21. The van der Waals surface area contributed by atoms with Crippen LogP contribution >= 0.6 is 22.6 Å². The van der Waals surface area contributed by atoms with Gasteiger partial charge in [0.2, 0.25) is 0 Å². The molecule has 1 saturated heterocycles. The lowest BCUT2D eigenvalue weighted by atomic mass is 9.99. The molecule has 0 atom stereocenters. The van der Waals surface area contributed by atoms with Crippen molar-refractivity contribution >= 4 is 28.4 Å². The van der Waals surface area contributed by atoms with Crippen molar-refractivity contribution in [3.05, 3.63) is 15.1 Å². The average molecular weight is 319 g/mol. The predicted octanol–water partition coefficient (Wildman–Crippen LogP) is 1.87. The minimum atomic E-state index is 0.414. The molecule has 1 aliphatic heterocycles. The quantitative estimate of drug-likeness (QED) is 0.803. The molecule has 15 heavy (non-hydrogen) atoms. The topological polar surface area (TPSA) is 61.0 Å². The Hall–Kier alpha value is -0.430. The molecule has 0 aromatic carbocycles. The minimum absolute atomic E-state index is 0.414. The lowest BCUT2D eigenvalue weighted by Crippen LogP contribution is -2.17. The molecule has 0 radical (unpaired) electrons. The molecule has 82 valence electrons. The van der Waals surface area contributed by atoms with E-state index >= 15 is 0 Å². The fourth-order valence-electron chi connectivity index (χ4n) is 1.74. The van der Waals surface area contributed by atoms with Crippen LogP contribution in [-0.2, 0) is 4.74 Å². The Morgan fingerprint density at radius 1 is 1.33 bits per heavy atom. The van der Waals surface area contributed by atoms with Crippen molar-refractivity contribution in [2.24, 2.45) is 0 Å². The first-order valence-electron chi connectivity index (χ1n) is 5.05. The first-order chi connectivity index (χ1) is 7.18. The highest BCUT2D eigenvalue weighted by Crippen LogP contribution is 2.26. The number of aryl methyl sites for hydroxylation is 1. The van der Waals surface area contributed by atoms with Gasteiger partial charge in [0, 0.05) is 19.1 Å². The summed E-state index contributed by atoms with van der Waals surface area (Å²) in [5.74, 6) is 1.90. The van der Waals surface area contributed by atoms with E-state index in [0.29, 0.717) is 11.7 Å². The minimum Gasteiger partial charge on any atom is -0.383 e. The second-order valence-corrected chi connectivity index (χ2v) is 4.83. The highest BCUT2D eigenvalue weighted by atomic mass is 127. The highest BCUT2D eigenvalue weighted by molar-refractivity contribution is 14.1. The van der Waals surface area contributed by atoms with Crippen LogP contribution in [0.4, 0.5) is 5.82 Å². The van der Waals surface area contributed by atoms with Gasteiger partial charge in [0.1, 0.15) is 11.6 Å². The van der Waals surface area contributed by atoms with Gasteiger partial charge in [-0.1, -0.05) is 0 Å². The largest absolute Gasteiger partial charge is 0.383 e. The normalized spacial score (nSPS) is 18.0. The van der Waals surface area contributed by atoms with Crippen LogP contribution < -0.4 is 5.73 Å². The van der Waals surface area contributed by atoms with Crippen molar-refractivity contribution in [3.63, 3.8) is 0 Å². The van der Waals surface area contributed by atoms with Crippen LogP contribution in [-0.4, -0.2) is 23.2 Å². The van der Waals surface area contributed by atoms with Crippen LogP contribution in [0.2, 0.25) is 0 Å². The maximum absolute atomic E-state index is 5.84. The second kappa shape index (κ2) is 4.61. The highest BCUT2D eigenvalue weighted by Gasteiger charge is 2.20. The van der Waals surface area contributed by atoms with Gasteiger partial charge in [0.05, 0.1) is 9.26 Å². The number of ether oxygens (including phenoxy) is 1. The Morgan fingerprint density at radius 3 is 2.60 bits per heavy atom. The smallest absolute Gasteiger partial charge is 0.140 e. The summed E-state index contributed by atoms with van der Waals surface area (Å²) >= 11 is 2.18. The van der Waals surface area contributed by atoms with Gasteiger partial charge in [0.25, 0.3) is 0 Å². The maximum Gasteiger partial charge on any atom is 0.140 e. The monoisotopic (exact) mass is 319 g/mol. The molecule has 0 amide bonds. The van der Waals surface area contributed by atoms with Crippen molar-refractivity contribution in [2.75, 3.05) is 18.9 Å². The predicted molar refractivity (Wildman–Crippen MR) is 66.7 cm³/mol. The third-order valence-corrected chi connectivity index (χ3v) is 3.98. The fourth-order valence-corrected chi connectivity index (χ4v) is 1.98. The molecule has 2 N–H and O–H groups in total. The number of nitrogens with two attached hydrogens (primary N) is 1. The first-order valence-corrected chi connectivity index (χ1v) is 6.13. The number of anilines is 1. The molecule has 1 aliphatic rings. The van der Waals surface area contributed by atoms with Gasteiger partial charge in [-0.25, -0.2) is 9.97 Å². The molecule has 0 aliphatic carbocycles. The summed E-state index contributed by atoms with van der Waals surface area (Å²) in [4.78, 5) is 8.86. The van der Waals surface area contributed by atoms with Gasteiger partial charge >= 0.3 is 0 Å². The molecule has 1 aromatic rings. The summed E-state index contributed by atoms with van der Waals surface area (Å²) in [6.07, 6.45) is 2.00. The van der Waals surface area contributed by atoms with Crippen LogP contribution in [0.5, 0.6) is 0 Å². The van der Waals surface area contributed by atoms with Crippen LogP contribution in [0.1, 0.15) is 30.3 Å². The van der Waals surface area contributed by atoms with E-state index in [0.717, 1.165) is 41.1 Å². The number of nitrogen functional groups attached to an aromatic ring is 1. The number of hydrogen-bond acceptors (Lipinski definition) is 4. The van der Waals surface area contributed by atoms with E-state index in [4.69, 9.17) is 10.5 Å². The van der Waals surface area contributed by atoms with Crippen molar-refractivity contribution in [2.45, 2.75) is 25.7 Å². The molecule has 0 unspecified atom stereocenters. The third kappa shape index (κ3) is 2.39. The Labute approximate surface area is 103 Å². The SMILES string of the molecule is Cc1nc(C2CCOCC2)nc(N)c1I. The summed E-state index contributed by atoms with van der Waals surface area (Å²) in [6, 6.07) is 0. The Kier molecular flexibility index (Phi) is 3.40. The summed E-state index contributed by atoms with van der Waals surface area (Å²) in [6.45, 7) is 3.58. The van der Waals surface area contributed by atoms with Gasteiger partial charge in [-0.05, 0) is 42.4 Å². The van der Waals surface area contributed by atoms with Gasteiger partial charge in [-0.15, -0.1) is 0 Å². The van der Waals surface area contributed by atoms with Gasteiger partial charge in [-0.2, -0.15) is 0 Å². The summed E-state index contributed by atoms with van der Waals surface area (Å²) in [7, 11) is 0. The molecule has 2 rings (SSSR count). The average Bonchev–Trinajstić information content (AvgIpc) is 2.26. The van der Waals surface area contributed by atoms with Crippen LogP contribution in [0.15, 0.2) is 0 Å². The summed E-state index contributed by atoms with van der Waals surface area (Å²) in [5, 5.41) is 0. The Morgan fingerprint density at radius 2 is 2.00 bits per heavy atom. The zero-order valence-electron chi connectivity index (χ0n) is 8.66. The molecule has 1 fully saturated rings. The molecule has 0 saturated carbocycles. The first kappa shape index (κ1) is 11.1. The van der Waals surface area contributed by atoms with E-state index in [2.05, 4.69) is 32.6 Å². The van der Waals surface area contributed by atoms with Crippen LogP contribution in [0.25, 0.3) is 0 Å². The van der Waals surface area contributed by atoms with Gasteiger partial charge in [-0.3, -0.25) is 0 Å². The number of hydrogen-bond donors (Lipinski definition) is 1. The van der Waals surface area contributed by atoms with Crippen molar-refractivity contribution in [1.29, 1.82) is 0 Å². The summed E-state index contributed by atoms with van der Waals surface area (Å²) in [5.41, 5.74) is 6.81. The zero-order valence-corrected chi connectivity index (χ0v) is 10.8. The Balaban J connectivity index is 2.27. The molecular formula is C10H14IN3O. The van der Waals surface area contributed by atoms with E-state index in [1.807, 2.05) is 6.92 Å². The zero-order chi connectivity index (χ0) is 10.8. The van der Waals surface area contributed by atoms with Crippen LogP contribution in [0, 0.1) is 10.5 Å². The molecule has 0 spiro atoms. The van der Waals surface area contributed by atoms with Gasteiger partial charge in [0.15, 0.2) is 0 Å². The molecule has 5 heteroatoms. The van der Waals surface area contributed by atoms with E-state index in [9.17, 15) is 0 Å². The molecule has 1 aromatic heterocycles. The Bertz CT molecular complexity index is 341. The molecular weight excluding hydrogens is 305 g/mol. The standard InChI is InChI=1S/C10H14IN3O/c1-6-8(11)9(12)14-10(13-6)7-2-4-15-5-3-7/h7H,2-5H2,1H3,(H2,12,13,14). The van der Waals surface area contributed by atoms with Crippen LogP contribution in [0.3, 0.4) is 0 Å². The van der Waals surface area contributed by atoms with Crippen molar-refractivity contribution in [1.82, 2.24) is 9.97 Å². The fraction of sp³-hybridized carbons (Fsp3) is 0.600.